The zero-order chi connectivity index (χ0) is 20.4. The van der Waals surface area contributed by atoms with Crippen LogP contribution >= 0.6 is 0 Å². The van der Waals surface area contributed by atoms with Crippen LogP contribution < -0.4 is 15.6 Å². The molecule has 0 amide bonds. The first-order chi connectivity index (χ1) is 14.0. The molecular formula is C20H19N7O2. The van der Waals surface area contributed by atoms with Crippen LogP contribution in [0.4, 0.5) is 5.95 Å². The predicted octanol–water partition coefficient (Wildman–Crippen LogP) is 2.77. The van der Waals surface area contributed by atoms with Crippen molar-refractivity contribution in [2.24, 2.45) is 7.05 Å². The van der Waals surface area contributed by atoms with Gasteiger partial charge in [-0.2, -0.15) is 5.10 Å². The minimum atomic E-state index is -0.264. The number of hydrogen-bond acceptors (Lipinski definition) is 7. The van der Waals surface area contributed by atoms with Crippen LogP contribution in [0.15, 0.2) is 53.8 Å². The second kappa shape index (κ2) is 7.55. The van der Waals surface area contributed by atoms with Crippen molar-refractivity contribution in [2.45, 2.75) is 6.92 Å². The first-order valence-electron chi connectivity index (χ1n) is 8.91. The molecule has 4 rings (SSSR count). The lowest BCUT2D eigenvalue weighted by atomic mass is 10.2. The Bertz CT molecular complexity index is 1230. The molecule has 0 saturated carbocycles. The molecule has 29 heavy (non-hydrogen) atoms. The van der Waals surface area contributed by atoms with E-state index in [4.69, 9.17) is 4.74 Å². The Hall–Kier alpha value is -4.01. The smallest absolute Gasteiger partial charge is 0.261 e. The van der Waals surface area contributed by atoms with Gasteiger partial charge < -0.3 is 10.1 Å². The minimum Gasteiger partial charge on any atom is -0.455 e. The molecule has 0 aliphatic carbocycles. The van der Waals surface area contributed by atoms with Crippen LogP contribution in [0.1, 0.15) is 5.69 Å². The zero-order valence-corrected chi connectivity index (χ0v) is 16.2. The van der Waals surface area contributed by atoms with E-state index < -0.39 is 0 Å². The molecule has 0 aromatic carbocycles. The Morgan fingerprint density at radius 1 is 1.14 bits per heavy atom. The number of H-pyrrole nitrogens is 1. The molecule has 0 aliphatic heterocycles. The van der Waals surface area contributed by atoms with Gasteiger partial charge in [-0.15, -0.1) is 0 Å². The summed E-state index contributed by atoms with van der Waals surface area (Å²) in [6, 6.07) is 7.14. The first kappa shape index (κ1) is 18.4. The molecule has 0 bridgehead atoms. The molecule has 9 heteroatoms. The van der Waals surface area contributed by atoms with E-state index in [2.05, 4.69) is 30.4 Å². The number of aryl methyl sites for hydroxylation is 2. The van der Waals surface area contributed by atoms with Crippen LogP contribution in [0, 0.1) is 6.92 Å². The largest absolute Gasteiger partial charge is 0.455 e. The van der Waals surface area contributed by atoms with Crippen molar-refractivity contribution in [2.75, 3.05) is 12.4 Å². The second-order valence-electron chi connectivity index (χ2n) is 6.39. The van der Waals surface area contributed by atoms with Crippen LogP contribution in [-0.2, 0) is 7.05 Å². The quantitative estimate of drug-likeness (QED) is 0.540. The number of aromatic amines is 1. The third kappa shape index (κ3) is 3.84. The fourth-order valence-corrected chi connectivity index (χ4v) is 2.82. The summed E-state index contributed by atoms with van der Waals surface area (Å²) in [7, 11) is 3.54. The molecule has 0 fully saturated rings. The van der Waals surface area contributed by atoms with Gasteiger partial charge in [0.2, 0.25) is 5.95 Å². The number of aromatic nitrogens is 6. The Kier molecular flexibility index (Phi) is 4.78. The summed E-state index contributed by atoms with van der Waals surface area (Å²) >= 11 is 0. The Labute approximate surface area is 166 Å². The van der Waals surface area contributed by atoms with E-state index in [-0.39, 0.29) is 5.56 Å². The van der Waals surface area contributed by atoms with Gasteiger partial charge in [-0.3, -0.25) is 19.4 Å². The number of nitrogens with zero attached hydrogens (tertiary/aromatic N) is 5. The standard InChI is InChI=1S/C20H19N7O2/c1-12-18(5-4-16(25-12)15-10-23-20(21-2)26-19(15)28)29-14-6-7-22-17(8-14)13-9-24-27(3)11-13/h4-11H,1-3H3,(H2,21,23,26,28). The fourth-order valence-electron chi connectivity index (χ4n) is 2.82. The summed E-state index contributed by atoms with van der Waals surface area (Å²) in [6.45, 7) is 1.83. The molecule has 0 atom stereocenters. The van der Waals surface area contributed by atoms with E-state index in [0.717, 1.165) is 11.3 Å². The average molecular weight is 389 g/mol. The van der Waals surface area contributed by atoms with Crippen molar-refractivity contribution in [3.63, 3.8) is 0 Å². The number of rotatable bonds is 5. The van der Waals surface area contributed by atoms with Crippen molar-refractivity contribution >= 4 is 5.95 Å². The van der Waals surface area contributed by atoms with Crippen LogP contribution in [0.2, 0.25) is 0 Å². The summed E-state index contributed by atoms with van der Waals surface area (Å²) in [4.78, 5) is 27.9. The first-order valence-corrected chi connectivity index (χ1v) is 8.91. The number of pyridine rings is 2. The summed E-state index contributed by atoms with van der Waals surface area (Å²) in [5, 5.41) is 6.96. The van der Waals surface area contributed by atoms with Crippen LogP contribution in [0.5, 0.6) is 11.5 Å². The van der Waals surface area contributed by atoms with E-state index in [1.807, 2.05) is 26.2 Å². The third-order valence-electron chi connectivity index (χ3n) is 4.31. The molecule has 0 aliphatic rings. The van der Waals surface area contributed by atoms with E-state index in [1.54, 1.807) is 42.3 Å². The molecule has 4 aromatic rings. The fraction of sp³-hybridized carbons (Fsp3) is 0.150. The van der Waals surface area contributed by atoms with Gasteiger partial charge in [0.1, 0.15) is 11.5 Å². The van der Waals surface area contributed by atoms with E-state index >= 15 is 0 Å². The molecule has 146 valence electrons. The second-order valence-corrected chi connectivity index (χ2v) is 6.39. The van der Waals surface area contributed by atoms with Crippen molar-refractivity contribution in [3.05, 3.63) is 65.1 Å². The van der Waals surface area contributed by atoms with Crippen molar-refractivity contribution < 1.29 is 4.74 Å². The molecule has 0 radical (unpaired) electrons. The Balaban J connectivity index is 1.60. The monoisotopic (exact) mass is 389 g/mol. The Morgan fingerprint density at radius 3 is 2.69 bits per heavy atom. The molecule has 0 unspecified atom stereocenters. The Morgan fingerprint density at radius 2 is 2.00 bits per heavy atom. The maximum absolute atomic E-state index is 12.2. The highest BCUT2D eigenvalue weighted by Gasteiger charge is 2.11. The SMILES string of the molecule is CNc1ncc(-c2ccc(Oc3ccnc(-c4cnn(C)c4)c3)c(C)n2)c(=O)[nH]1. The predicted molar refractivity (Wildman–Crippen MR) is 109 cm³/mol. The molecule has 4 aromatic heterocycles. The van der Waals surface area contributed by atoms with Crippen molar-refractivity contribution in [1.29, 1.82) is 0 Å². The van der Waals surface area contributed by atoms with E-state index in [1.165, 1.54) is 6.20 Å². The van der Waals surface area contributed by atoms with Crippen molar-refractivity contribution in [3.8, 4) is 34.0 Å². The highest BCUT2D eigenvalue weighted by Crippen LogP contribution is 2.28. The highest BCUT2D eigenvalue weighted by molar-refractivity contribution is 5.60. The van der Waals surface area contributed by atoms with Gasteiger partial charge in [0, 0.05) is 44.3 Å². The maximum Gasteiger partial charge on any atom is 0.261 e. The minimum absolute atomic E-state index is 0.264. The van der Waals surface area contributed by atoms with Gasteiger partial charge >= 0.3 is 0 Å². The molecule has 0 saturated heterocycles. The summed E-state index contributed by atoms with van der Waals surface area (Å²) in [5.41, 5.74) is 2.97. The van der Waals surface area contributed by atoms with Gasteiger partial charge in [-0.25, -0.2) is 9.97 Å². The zero-order valence-electron chi connectivity index (χ0n) is 16.2. The van der Waals surface area contributed by atoms with Gasteiger partial charge in [-0.05, 0) is 25.1 Å². The normalized spacial score (nSPS) is 10.7. The highest BCUT2D eigenvalue weighted by atomic mass is 16.5. The summed E-state index contributed by atoms with van der Waals surface area (Å²) in [5.74, 6) is 1.63. The number of anilines is 1. The lowest BCUT2D eigenvalue weighted by Crippen LogP contribution is -2.13. The summed E-state index contributed by atoms with van der Waals surface area (Å²) < 4.78 is 7.71. The lowest BCUT2D eigenvalue weighted by molar-refractivity contribution is 0.475. The lowest BCUT2D eigenvalue weighted by Gasteiger charge is -2.10. The van der Waals surface area contributed by atoms with Gasteiger partial charge in [0.15, 0.2) is 0 Å². The molecular weight excluding hydrogens is 370 g/mol. The van der Waals surface area contributed by atoms with E-state index in [0.29, 0.717) is 34.4 Å². The molecule has 9 nitrogen and oxygen atoms in total. The van der Waals surface area contributed by atoms with Gasteiger partial charge in [0.25, 0.3) is 5.56 Å². The van der Waals surface area contributed by atoms with Crippen LogP contribution in [-0.4, -0.2) is 36.8 Å². The number of ether oxygens (including phenoxy) is 1. The molecule has 2 N–H and O–H groups in total. The van der Waals surface area contributed by atoms with Crippen LogP contribution in [0.3, 0.4) is 0 Å². The van der Waals surface area contributed by atoms with Crippen LogP contribution in [0.25, 0.3) is 22.5 Å². The summed E-state index contributed by atoms with van der Waals surface area (Å²) in [6.07, 6.45) is 6.82. The molecule has 0 spiro atoms. The number of nitrogens with one attached hydrogen (secondary N) is 2. The third-order valence-corrected chi connectivity index (χ3v) is 4.31. The number of hydrogen-bond donors (Lipinski definition) is 2. The van der Waals surface area contributed by atoms with Gasteiger partial charge in [0.05, 0.1) is 28.8 Å². The maximum atomic E-state index is 12.2. The average Bonchev–Trinajstić information content (AvgIpc) is 3.16. The van der Waals surface area contributed by atoms with E-state index in [9.17, 15) is 4.79 Å². The van der Waals surface area contributed by atoms with Gasteiger partial charge in [-0.1, -0.05) is 0 Å². The van der Waals surface area contributed by atoms with Crippen molar-refractivity contribution in [1.82, 2.24) is 29.7 Å². The molecule has 4 heterocycles. The topological polar surface area (TPSA) is 111 Å².